The molecular weight excluding hydrogens is 300 g/mol. The number of ether oxygens (including phenoxy) is 1. The molecule has 1 N–H and O–H groups in total. The zero-order chi connectivity index (χ0) is 16.0. The molecule has 0 atom stereocenters. The highest BCUT2D eigenvalue weighted by Gasteiger charge is 2.16. The van der Waals surface area contributed by atoms with E-state index < -0.39 is 10.0 Å². The van der Waals surface area contributed by atoms with Crippen molar-refractivity contribution in [1.29, 1.82) is 5.26 Å². The van der Waals surface area contributed by atoms with Gasteiger partial charge in [0, 0.05) is 0 Å². The van der Waals surface area contributed by atoms with Crippen LogP contribution < -0.4 is 9.46 Å². The quantitative estimate of drug-likeness (QED) is 0.888. The molecule has 2 aromatic rings. The molecule has 0 amide bonds. The zero-order valence-corrected chi connectivity index (χ0v) is 12.9. The summed E-state index contributed by atoms with van der Waals surface area (Å²) in [6, 6.07) is 14.6. The molecule has 0 spiro atoms. The number of rotatable bonds is 6. The van der Waals surface area contributed by atoms with Gasteiger partial charge >= 0.3 is 0 Å². The van der Waals surface area contributed by atoms with Gasteiger partial charge in [0.15, 0.2) is 0 Å². The first-order chi connectivity index (χ1) is 10.6. The van der Waals surface area contributed by atoms with E-state index in [9.17, 15) is 8.42 Å². The predicted octanol–water partition coefficient (Wildman–Crippen LogP) is 3.15. The Morgan fingerprint density at radius 2 is 1.95 bits per heavy atom. The molecule has 0 radical (unpaired) electrons. The molecule has 5 nitrogen and oxygen atoms in total. The fraction of sp³-hybridized carbons (Fsp3) is 0.188. The highest BCUT2D eigenvalue weighted by Crippen LogP contribution is 2.26. The second kappa shape index (κ2) is 6.96. The lowest BCUT2D eigenvalue weighted by atomic mass is 10.2. The number of nitrogens with zero attached hydrogens (tertiary/aromatic N) is 1. The minimum Gasteiger partial charge on any atom is -0.491 e. The maximum Gasteiger partial charge on any atom is 0.262 e. The Balaban J connectivity index is 2.31. The van der Waals surface area contributed by atoms with Crippen LogP contribution in [0.5, 0.6) is 5.75 Å². The molecule has 0 aliphatic carbocycles. The van der Waals surface area contributed by atoms with Gasteiger partial charge in [0.05, 0.1) is 28.8 Å². The van der Waals surface area contributed by atoms with Crippen molar-refractivity contribution < 1.29 is 13.2 Å². The van der Waals surface area contributed by atoms with Crippen molar-refractivity contribution >= 4 is 15.7 Å². The molecule has 0 fully saturated rings. The minimum atomic E-state index is -3.77. The van der Waals surface area contributed by atoms with Gasteiger partial charge in [-0.15, -0.1) is 0 Å². The number of hydrogen-bond donors (Lipinski definition) is 1. The molecule has 2 rings (SSSR count). The van der Waals surface area contributed by atoms with Crippen LogP contribution in [0.15, 0.2) is 53.4 Å². The fourth-order valence-corrected chi connectivity index (χ4v) is 2.94. The van der Waals surface area contributed by atoms with Gasteiger partial charge in [0.2, 0.25) is 0 Å². The van der Waals surface area contributed by atoms with E-state index in [1.165, 1.54) is 18.2 Å². The van der Waals surface area contributed by atoms with Crippen LogP contribution in [0.3, 0.4) is 0 Å². The largest absolute Gasteiger partial charge is 0.491 e. The molecule has 22 heavy (non-hydrogen) atoms. The second-order valence-corrected chi connectivity index (χ2v) is 6.27. The van der Waals surface area contributed by atoms with Gasteiger partial charge < -0.3 is 4.74 Å². The molecule has 0 aliphatic rings. The number of para-hydroxylation sites is 2. The highest BCUT2D eigenvalue weighted by molar-refractivity contribution is 7.92. The van der Waals surface area contributed by atoms with Crippen molar-refractivity contribution in [2.45, 2.75) is 18.2 Å². The summed E-state index contributed by atoms with van der Waals surface area (Å²) in [5.41, 5.74) is 0.664. The number of anilines is 1. The maximum absolute atomic E-state index is 12.4. The molecule has 0 aromatic heterocycles. The molecule has 0 bridgehead atoms. The van der Waals surface area contributed by atoms with Crippen LogP contribution in [-0.4, -0.2) is 15.0 Å². The normalized spacial score (nSPS) is 10.7. The lowest BCUT2D eigenvalue weighted by molar-refractivity contribution is 0.319. The summed E-state index contributed by atoms with van der Waals surface area (Å²) in [4.78, 5) is 0.0387. The summed E-state index contributed by atoms with van der Waals surface area (Å²) >= 11 is 0. The molecule has 0 heterocycles. The Bertz CT molecular complexity index is 795. The SMILES string of the molecule is CCCOc1ccccc1NS(=O)(=O)c1cccc(C#N)c1. The molecule has 0 saturated heterocycles. The van der Waals surface area contributed by atoms with Crippen molar-refractivity contribution in [2.75, 3.05) is 11.3 Å². The Morgan fingerprint density at radius 1 is 1.18 bits per heavy atom. The summed E-state index contributed by atoms with van der Waals surface area (Å²) < 4.78 is 32.9. The van der Waals surface area contributed by atoms with E-state index in [1.54, 1.807) is 30.3 Å². The van der Waals surface area contributed by atoms with Gasteiger partial charge in [-0.2, -0.15) is 5.26 Å². The summed E-state index contributed by atoms with van der Waals surface area (Å²) in [5.74, 6) is 0.476. The third-order valence-electron chi connectivity index (χ3n) is 2.87. The lowest BCUT2D eigenvalue weighted by Crippen LogP contribution is -2.14. The smallest absolute Gasteiger partial charge is 0.262 e. The molecule has 114 valence electrons. The Hall–Kier alpha value is -2.52. The summed E-state index contributed by atoms with van der Waals surface area (Å²) in [5, 5.41) is 8.87. The van der Waals surface area contributed by atoms with Crippen LogP contribution in [0.2, 0.25) is 0 Å². The summed E-state index contributed by atoms with van der Waals surface area (Å²) in [6.07, 6.45) is 0.825. The molecule has 2 aromatic carbocycles. The number of nitriles is 1. The van der Waals surface area contributed by atoms with E-state index in [0.717, 1.165) is 6.42 Å². The van der Waals surface area contributed by atoms with Crippen molar-refractivity contribution in [3.63, 3.8) is 0 Å². The van der Waals surface area contributed by atoms with E-state index in [2.05, 4.69) is 4.72 Å². The van der Waals surface area contributed by atoms with E-state index in [4.69, 9.17) is 10.00 Å². The molecular formula is C16H16N2O3S. The van der Waals surface area contributed by atoms with Gasteiger partial charge in [-0.05, 0) is 36.8 Å². The zero-order valence-electron chi connectivity index (χ0n) is 12.1. The van der Waals surface area contributed by atoms with Crippen molar-refractivity contribution in [3.05, 3.63) is 54.1 Å². The topological polar surface area (TPSA) is 79.2 Å². The summed E-state index contributed by atoms with van der Waals surface area (Å²) in [6.45, 7) is 2.48. The van der Waals surface area contributed by atoms with Crippen LogP contribution in [0.4, 0.5) is 5.69 Å². The average Bonchev–Trinajstić information content (AvgIpc) is 2.54. The van der Waals surface area contributed by atoms with E-state index >= 15 is 0 Å². The summed E-state index contributed by atoms with van der Waals surface area (Å²) in [7, 11) is -3.77. The predicted molar refractivity (Wildman–Crippen MR) is 84.2 cm³/mol. The van der Waals surface area contributed by atoms with Crippen molar-refractivity contribution in [3.8, 4) is 11.8 Å². The van der Waals surface area contributed by atoms with Gasteiger partial charge in [-0.25, -0.2) is 8.42 Å². The average molecular weight is 316 g/mol. The number of nitrogens with one attached hydrogen (secondary N) is 1. The maximum atomic E-state index is 12.4. The highest BCUT2D eigenvalue weighted by atomic mass is 32.2. The fourth-order valence-electron chi connectivity index (χ4n) is 1.83. The van der Waals surface area contributed by atoms with E-state index in [1.807, 2.05) is 13.0 Å². The molecule has 0 saturated carbocycles. The lowest BCUT2D eigenvalue weighted by Gasteiger charge is -2.13. The van der Waals surface area contributed by atoms with E-state index in [-0.39, 0.29) is 4.90 Å². The van der Waals surface area contributed by atoms with Crippen molar-refractivity contribution in [2.24, 2.45) is 0 Å². The standard InChI is InChI=1S/C16H16N2O3S/c1-2-10-21-16-9-4-3-8-15(16)18-22(19,20)14-7-5-6-13(11-14)12-17/h3-9,11,18H,2,10H2,1H3. The Labute approximate surface area is 130 Å². The third-order valence-corrected chi connectivity index (χ3v) is 4.23. The number of hydrogen-bond acceptors (Lipinski definition) is 4. The first kappa shape index (κ1) is 15.9. The molecule has 6 heteroatoms. The van der Waals surface area contributed by atoms with E-state index in [0.29, 0.717) is 23.6 Å². The third kappa shape index (κ3) is 3.77. The van der Waals surface area contributed by atoms with Gasteiger partial charge in [0.25, 0.3) is 10.0 Å². The number of sulfonamides is 1. The van der Waals surface area contributed by atoms with Gasteiger partial charge in [-0.1, -0.05) is 25.1 Å². The monoisotopic (exact) mass is 316 g/mol. The van der Waals surface area contributed by atoms with Crippen LogP contribution in [0, 0.1) is 11.3 Å². The van der Waals surface area contributed by atoms with Gasteiger partial charge in [0.1, 0.15) is 5.75 Å². The Morgan fingerprint density at radius 3 is 2.68 bits per heavy atom. The Kier molecular flexibility index (Phi) is 5.02. The second-order valence-electron chi connectivity index (χ2n) is 4.59. The van der Waals surface area contributed by atoms with Crippen LogP contribution in [0.25, 0.3) is 0 Å². The van der Waals surface area contributed by atoms with Gasteiger partial charge in [-0.3, -0.25) is 4.72 Å². The number of benzene rings is 2. The molecule has 0 aliphatic heterocycles. The van der Waals surface area contributed by atoms with Crippen molar-refractivity contribution in [1.82, 2.24) is 0 Å². The minimum absolute atomic E-state index is 0.0387. The van der Waals surface area contributed by atoms with Crippen LogP contribution in [0.1, 0.15) is 18.9 Å². The van der Waals surface area contributed by atoms with Crippen LogP contribution in [-0.2, 0) is 10.0 Å². The molecule has 0 unspecified atom stereocenters. The first-order valence-electron chi connectivity index (χ1n) is 6.81. The first-order valence-corrected chi connectivity index (χ1v) is 8.30. The van der Waals surface area contributed by atoms with Crippen LogP contribution >= 0.6 is 0 Å².